The van der Waals surface area contributed by atoms with Crippen molar-refractivity contribution in [1.82, 2.24) is 60.0 Å². The number of hydrogen-bond acceptors (Lipinski definition) is 12. The fraction of sp³-hybridized carbons (Fsp3) is 0.757. The largest absolute Gasteiger partial charge is 0.419 e. The molecule has 3 aliphatic carbocycles. The van der Waals surface area contributed by atoms with Gasteiger partial charge in [-0.3, -0.25) is 57.5 Å². The van der Waals surface area contributed by atoms with Crippen LogP contribution in [0.4, 0.5) is 17.6 Å². The van der Waals surface area contributed by atoms with Crippen LogP contribution in [0.1, 0.15) is 200 Å². The quantitative estimate of drug-likeness (QED) is 0.214. The minimum Gasteiger partial charge on any atom is -0.343 e. The van der Waals surface area contributed by atoms with E-state index in [4.69, 9.17) is 0 Å². The molecule has 568 valence electrons. The summed E-state index contributed by atoms with van der Waals surface area (Å²) in [5.74, 6) is -10.3. The number of nitrogens with zero attached hydrogens (tertiary/aromatic N) is 9. The molecule has 0 bridgehead atoms. The molecule has 102 heavy (non-hydrogen) atoms. The van der Waals surface area contributed by atoms with Crippen molar-refractivity contribution in [3.63, 3.8) is 0 Å². The van der Waals surface area contributed by atoms with Crippen molar-refractivity contribution in [2.75, 3.05) is 75.0 Å². The van der Waals surface area contributed by atoms with E-state index in [1.807, 2.05) is 20.8 Å². The topological polar surface area (TPSA) is 270 Å². The Labute approximate surface area is 598 Å². The summed E-state index contributed by atoms with van der Waals surface area (Å²) in [6.45, 7) is 9.11. The van der Waals surface area contributed by atoms with E-state index in [-0.39, 0.29) is 81.9 Å². The predicted molar refractivity (Wildman–Crippen MR) is 371 cm³/mol. The number of carbonyl (C=O) groups excluding carboxylic acids is 12. The van der Waals surface area contributed by atoms with Gasteiger partial charge in [-0.1, -0.05) is 98.0 Å². The minimum absolute atomic E-state index is 0.00286. The molecular formula is C74H112F4N12O12. The molecular weight excluding hydrogens is 1320 g/mol. The Morgan fingerprint density at radius 2 is 1.25 bits per heavy atom. The molecule has 7 fully saturated rings. The highest BCUT2D eigenvalue weighted by atomic mass is 19.4. The van der Waals surface area contributed by atoms with Crippen molar-refractivity contribution < 1.29 is 75.1 Å². The van der Waals surface area contributed by atoms with E-state index in [1.54, 1.807) is 11.8 Å². The van der Waals surface area contributed by atoms with Crippen LogP contribution in [0, 0.1) is 29.5 Å². The van der Waals surface area contributed by atoms with Gasteiger partial charge in [0.25, 0.3) is 0 Å². The molecule has 0 aromatic heterocycles. The van der Waals surface area contributed by atoms with Crippen LogP contribution in [-0.2, 0) is 70.1 Å². The number of likely N-dealkylation sites (N-methyl/N-ethyl adjacent to an activating group) is 6. The zero-order valence-corrected chi connectivity index (χ0v) is 61.9. The number of hydrogen-bond donors (Lipinski definition) is 3. The van der Waals surface area contributed by atoms with Crippen molar-refractivity contribution in [3.8, 4) is 0 Å². The smallest absolute Gasteiger partial charge is 0.343 e. The Hall–Kier alpha value is -7.42. The number of amides is 12. The Morgan fingerprint density at radius 1 is 0.618 bits per heavy atom. The number of likely N-dealkylation sites (tertiary alicyclic amines) is 1. The summed E-state index contributed by atoms with van der Waals surface area (Å²) in [6, 6.07) is -8.71. The average molecular weight is 1440 g/mol. The number of alkyl halides is 3. The summed E-state index contributed by atoms with van der Waals surface area (Å²) in [6.07, 6.45) is 5.71. The fourth-order valence-electron chi connectivity index (χ4n) is 16.6. The first kappa shape index (κ1) is 80.3. The second-order valence-corrected chi connectivity index (χ2v) is 30.8. The molecule has 3 saturated carbocycles. The zero-order chi connectivity index (χ0) is 74.8. The highest BCUT2D eigenvalue weighted by Gasteiger charge is 2.52. The molecule has 7 aliphatic rings. The lowest BCUT2D eigenvalue weighted by Crippen LogP contribution is -2.65. The van der Waals surface area contributed by atoms with Gasteiger partial charge >= 0.3 is 6.18 Å². The number of benzene rings is 1. The van der Waals surface area contributed by atoms with Crippen molar-refractivity contribution in [2.45, 2.75) is 261 Å². The van der Waals surface area contributed by atoms with Crippen molar-refractivity contribution in [2.24, 2.45) is 23.7 Å². The number of aryl methyl sites for hydroxylation is 1. The maximum Gasteiger partial charge on any atom is 0.419 e. The molecule has 4 heterocycles. The number of piperidine rings is 1. The Kier molecular flexibility index (Phi) is 27.5. The predicted octanol–water partition coefficient (Wildman–Crippen LogP) is 6.05. The highest BCUT2D eigenvalue weighted by Crippen LogP contribution is 2.39. The minimum atomic E-state index is -5.00. The SMILES string of the molecule is CC[C@H](C)[C@@H]1NC(=O)[C@H](CC(C)C)N(C)C(=O)C[C@@H](C(=O)N2CCCCC2)N(C)C(=O)[C@H](C2CCCC2)N(C)C(=O)C2(CCCC2)NC(=O)[C@@H]2CCCN2C(=O)[C@H](CCc2ccc(C(F)(F)F)c(F)c2)NC(=O)CN(C)C(=O)[C@H](CC2CCCCC2)N(C)C(=O)[C@@H]2CCN2C(=O)[C@H](C)N(C)C1=O. The fourth-order valence-corrected chi connectivity index (χ4v) is 16.6. The number of nitrogens with one attached hydrogen (secondary N) is 3. The lowest BCUT2D eigenvalue weighted by molar-refractivity contribution is -0.160. The molecule has 24 nitrogen and oxygen atoms in total. The third-order valence-electron chi connectivity index (χ3n) is 23.4. The third-order valence-corrected chi connectivity index (χ3v) is 23.4. The Bertz CT molecular complexity index is 3220. The van der Waals surface area contributed by atoms with E-state index in [0.717, 1.165) is 62.3 Å². The monoisotopic (exact) mass is 1440 g/mol. The number of carbonyl (C=O) groups is 12. The number of fused-ring (bicyclic) bond motifs is 2. The highest BCUT2D eigenvalue weighted by molar-refractivity contribution is 6.01. The second kappa shape index (κ2) is 34.9. The van der Waals surface area contributed by atoms with Crippen molar-refractivity contribution >= 4 is 70.9 Å². The van der Waals surface area contributed by atoms with E-state index in [1.165, 1.54) is 83.5 Å². The third kappa shape index (κ3) is 18.6. The van der Waals surface area contributed by atoms with Crippen LogP contribution in [-0.4, -0.2) is 250 Å². The van der Waals surface area contributed by atoms with Crippen molar-refractivity contribution in [1.29, 1.82) is 0 Å². The van der Waals surface area contributed by atoms with E-state index >= 15 is 33.2 Å². The Balaban J connectivity index is 1.18. The first-order valence-electron chi connectivity index (χ1n) is 37.5. The van der Waals surface area contributed by atoms with Crippen LogP contribution in [0.3, 0.4) is 0 Å². The molecule has 4 aliphatic heterocycles. The molecule has 1 aromatic rings. The van der Waals surface area contributed by atoms with Crippen molar-refractivity contribution in [3.05, 3.63) is 35.1 Å². The van der Waals surface area contributed by atoms with Gasteiger partial charge in [-0.15, -0.1) is 0 Å². The molecule has 3 N–H and O–H groups in total. The molecule has 4 saturated heterocycles. The van der Waals surface area contributed by atoms with E-state index in [0.29, 0.717) is 76.6 Å². The first-order chi connectivity index (χ1) is 48.2. The normalized spacial score (nSPS) is 28.4. The molecule has 1 spiro atoms. The Morgan fingerprint density at radius 3 is 1.84 bits per heavy atom. The summed E-state index contributed by atoms with van der Waals surface area (Å²) >= 11 is 0. The summed E-state index contributed by atoms with van der Waals surface area (Å²) in [7, 11) is 8.67. The summed E-state index contributed by atoms with van der Waals surface area (Å²) in [5, 5.41) is 8.73. The van der Waals surface area contributed by atoms with Gasteiger partial charge in [-0.2, -0.15) is 13.2 Å². The molecule has 8 rings (SSSR count). The zero-order valence-electron chi connectivity index (χ0n) is 61.9. The van der Waals surface area contributed by atoms with Gasteiger partial charge in [0.1, 0.15) is 65.7 Å². The lowest BCUT2D eigenvalue weighted by Gasteiger charge is -2.45. The van der Waals surface area contributed by atoms with Crippen LogP contribution >= 0.6 is 0 Å². The number of halogens is 4. The van der Waals surface area contributed by atoms with Gasteiger partial charge in [0.15, 0.2) is 0 Å². The number of rotatable bonds is 11. The van der Waals surface area contributed by atoms with E-state index in [2.05, 4.69) is 16.0 Å². The van der Waals surface area contributed by atoms with Gasteiger partial charge in [0.05, 0.1) is 18.5 Å². The molecule has 1 aromatic carbocycles. The van der Waals surface area contributed by atoms with Crippen LogP contribution in [0.25, 0.3) is 0 Å². The molecule has 10 atom stereocenters. The van der Waals surface area contributed by atoms with Crippen LogP contribution < -0.4 is 16.0 Å². The maximum absolute atomic E-state index is 15.7. The van der Waals surface area contributed by atoms with Crippen LogP contribution in [0.2, 0.25) is 0 Å². The summed E-state index contributed by atoms with van der Waals surface area (Å²) in [4.78, 5) is 193. The summed E-state index contributed by atoms with van der Waals surface area (Å²) < 4.78 is 56.3. The molecule has 28 heteroatoms. The average Bonchev–Trinajstić information content (AvgIpc) is 1.74. The van der Waals surface area contributed by atoms with E-state index in [9.17, 15) is 41.9 Å². The van der Waals surface area contributed by atoms with Gasteiger partial charge in [-0.05, 0) is 138 Å². The standard InChI is InChI=1S/C74H112F4N12O12/c1-12-46(4)61-70(100)83(7)47(5)65(95)90-39-33-55(90)68(98)85(9)57(42-48-24-15-13-16-25-48)67(97)82(6)44-59(91)79-53(32-30-49-29-31-51(52(75)41-49)74(76,77)78)66(96)89-38-23-28-54(89)64(94)81-73(34-19-20-35-73)72(102)87(11)62(50-26-17-18-27-50)71(101)86(10)58(69(99)88-36-21-14-22-37-88)43-60(92)84(8)56(40-45(2)3)63(93)80-61/h29,31,41,45-48,50,53-58,61-62H,12-28,30,32-40,42-44H2,1-11H3,(H,79,91)(H,80,93)(H,81,94)/t46-,47-,53-,54-,55-,56-,57-,58-,61-,62-/m0/s1. The molecule has 0 radical (unpaired) electrons. The van der Waals surface area contributed by atoms with Gasteiger partial charge in [0, 0.05) is 68.5 Å². The molecule has 12 amide bonds. The van der Waals surface area contributed by atoms with Gasteiger partial charge in [0.2, 0.25) is 70.9 Å². The van der Waals surface area contributed by atoms with Gasteiger partial charge < -0.3 is 60.0 Å². The van der Waals surface area contributed by atoms with Crippen LogP contribution in [0.5, 0.6) is 0 Å². The van der Waals surface area contributed by atoms with Crippen LogP contribution in [0.15, 0.2) is 18.2 Å². The molecule has 0 unspecified atom stereocenters. The van der Waals surface area contributed by atoms with Gasteiger partial charge in [-0.25, -0.2) is 4.39 Å². The lowest BCUT2D eigenvalue weighted by atomic mass is 9.84. The summed E-state index contributed by atoms with van der Waals surface area (Å²) in [5.41, 5.74) is -3.02. The van der Waals surface area contributed by atoms with E-state index < -0.39 is 173 Å². The first-order valence-corrected chi connectivity index (χ1v) is 37.5. The second-order valence-electron chi connectivity index (χ2n) is 30.8. The maximum atomic E-state index is 15.7.